The van der Waals surface area contributed by atoms with Gasteiger partial charge in [-0.1, -0.05) is 12.1 Å². The number of hydrogen-bond donors (Lipinski definition) is 1. The third kappa shape index (κ3) is 3.30. The van der Waals surface area contributed by atoms with E-state index in [1.165, 1.54) is 22.5 Å². The lowest BCUT2D eigenvalue weighted by Gasteiger charge is -2.36. The molecule has 2 aromatic rings. The summed E-state index contributed by atoms with van der Waals surface area (Å²) >= 11 is 0. The molecule has 136 valence electrons. The normalized spacial score (nSPS) is 18.2. The Bertz CT molecular complexity index is 953. The molecule has 1 N–H and O–H groups in total. The van der Waals surface area contributed by atoms with Gasteiger partial charge < -0.3 is 5.32 Å². The standard InChI is InChI=1S/C19H20FN3O2S/c1-22-10-4-6-17-12-15-11-16(20)8-9-19(15)23(26(17,24)25)18-7-3-2-5-14(18)13-21/h2-3,5,7-9,11,17,22H,4,6,10,12H2,1H3. The summed E-state index contributed by atoms with van der Waals surface area (Å²) in [5, 5.41) is 11.8. The molecule has 1 unspecified atom stereocenters. The predicted octanol–water partition coefficient (Wildman–Crippen LogP) is 3.09. The SMILES string of the molecule is CNCCCC1Cc2cc(F)ccc2N(c2ccccc2C#N)S1(=O)=O. The van der Waals surface area contributed by atoms with E-state index in [4.69, 9.17) is 0 Å². The molecule has 0 bridgehead atoms. The van der Waals surface area contributed by atoms with Crippen molar-refractivity contribution in [1.29, 1.82) is 5.26 Å². The van der Waals surface area contributed by atoms with Gasteiger partial charge in [-0.3, -0.25) is 0 Å². The van der Waals surface area contributed by atoms with Gasteiger partial charge in [-0.25, -0.2) is 17.1 Å². The molecule has 1 aliphatic rings. The number of nitrogens with zero attached hydrogens (tertiary/aromatic N) is 2. The number of hydrogen-bond acceptors (Lipinski definition) is 4. The molecule has 0 aromatic heterocycles. The Kier molecular flexibility index (Phi) is 5.25. The minimum atomic E-state index is -3.72. The highest BCUT2D eigenvalue weighted by Gasteiger charge is 2.40. The van der Waals surface area contributed by atoms with E-state index < -0.39 is 21.1 Å². The second-order valence-corrected chi connectivity index (χ2v) is 8.35. The molecule has 1 aliphatic heterocycles. The van der Waals surface area contributed by atoms with Gasteiger partial charge in [0.25, 0.3) is 0 Å². The molecule has 0 amide bonds. The molecule has 26 heavy (non-hydrogen) atoms. The van der Waals surface area contributed by atoms with E-state index in [1.54, 1.807) is 24.3 Å². The number of anilines is 2. The van der Waals surface area contributed by atoms with Gasteiger partial charge in [0.1, 0.15) is 11.9 Å². The highest BCUT2D eigenvalue weighted by molar-refractivity contribution is 7.93. The van der Waals surface area contributed by atoms with E-state index in [1.807, 2.05) is 13.1 Å². The summed E-state index contributed by atoms with van der Waals surface area (Å²) in [4.78, 5) is 0. The van der Waals surface area contributed by atoms with Gasteiger partial charge in [0.15, 0.2) is 0 Å². The number of nitriles is 1. The molecule has 0 saturated heterocycles. The van der Waals surface area contributed by atoms with Crippen LogP contribution < -0.4 is 9.62 Å². The molecule has 0 fully saturated rings. The Hall–Kier alpha value is -2.43. The van der Waals surface area contributed by atoms with Crippen LogP contribution in [0.2, 0.25) is 0 Å². The van der Waals surface area contributed by atoms with Crippen molar-refractivity contribution in [2.75, 3.05) is 17.9 Å². The molecule has 1 heterocycles. The van der Waals surface area contributed by atoms with Gasteiger partial charge >= 0.3 is 0 Å². The maximum absolute atomic E-state index is 13.8. The van der Waals surface area contributed by atoms with E-state index >= 15 is 0 Å². The van der Waals surface area contributed by atoms with Crippen LogP contribution in [-0.2, 0) is 16.4 Å². The monoisotopic (exact) mass is 373 g/mol. The average Bonchev–Trinajstić information content (AvgIpc) is 2.62. The van der Waals surface area contributed by atoms with E-state index in [-0.39, 0.29) is 12.0 Å². The Morgan fingerprint density at radius 1 is 1.27 bits per heavy atom. The Balaban J connectivity index is 2.15. The maximum Gasteiger partial charge on any atom is 0.242 e. The number of halogens is 1. The summed E-state index contributed by atoms with van der Waals surface area (Å²) in [7, 11) is -1.91. The third-order valence-electron chi connectivity index (χ3n) is 4.58. The molecule has 3 rings (SSSR count). The molecular weight excluding hydrogens is 353 g/mol. The minimum absolute atomic E-state index is 0.266. The smallest absolute Gasteiger partial charge is 0.242 e. The van der Waals surface area contributed by atoms with Crippen LogP contribution >= 0.6 is 0 Å². The lowest BCUT2D eigenvalue weighted by Crippen LogP contribution is -2.42. The summed E-state index contributed by atoms with van der Waals surface area (Å²) < 4.78 is 41.6. The Morgan fingerprint density at radius 2 is 2.04 bits per heavy atom. The molecule has 0 aliphatic carbocycles. The summed E-state index contributed by atoms with van der Waals surface area (Å²) in [6, 6.07) is 12.7. The van der Waals surface area contributed by atoms with Crippen molar-refractivity contribution < 1.29 is 12.8 Å². The van der Waals surface area contributed by atoms with Crippen molar-refractivity contribution in [2.24, 2.45) is 0 Å². The van der Waals surface area contributed by atoms with Crippen LogP contribution in [-0.4, -0.2) is 27.3 Å². The van der Waals surface area contributed by atoms with Gasteiger partial charge in [-0.05, 0) is 68.8 Å². The highest BCUT2D eigenvalue weighted by Crippen LogP contribution is 2.41. The quantitative estimate of drug-likeness (QED) is 0.818. The molecule has 0 saturated carbocycles. The summed E-state index contributed by atoms with van der Waals surface area (Å²) in [5.74, 6) is -0.398. The van der Waals surface area contributed by atoms with Gasteiger partial charge in [0, 0.05) is 0 Å². The zero-order valence-corrected chi connectivity index (χ0v) is 15.3. The number of fused-ring (bicyclic) bond motifs is 1. The van der Waals surface area contributed by atoms with Crippen molar-refractivity contribution in [3.63, 3.8) is 0 Å². The van der Waals surface area contributed by atoms with E-state index in [0.29, 0.717) is 36.3 Å². The third-order valence-corrected chi connectivity index (χ3v) is 6.73. The Labute approximate surface area is 153 Å². The fourth-order valence-corrected chi connectivity index (χ4v) is 5.36. The van der Waals surface area contributed by atoms with Gasteiger partial charge in [-0.2, -0.15) is 5.26 Å². The number of nitrogens with one attached hydrogen (secondary N) is 1. The number of sulfonamides is 1. The van der Waals surface area contributed by atoms with Crippen molar-refractivity contribution in [3.8, 4) is 6.07 Å². The van der Waals surface area contributed by atoms with Crippen molar-refractivity contribution in [3.05, 3.63) is 59.4 Å². The largest absolute Gasteiger partial charge is 0.320 e. The van der Waals surface area contributed by atoms with E-state index in [9.17, 15) is 18.1 Å². The molecule has 5 nitrogen and oxygen atoms in total. The molecule has 7 heteroatoms. The van der Waals surface area contributed by atoms with Crippen LogP contribution in [0.15, 0.2) is 42.5 Å². The second kappa shape index (κ2) is 7.44. The second-order valence-electron chi connectivity index (χ2n) is 6.28. The first-order chi connectivity index (χ1) is 12.5. The number of benzene rings is 2. The zero-order valence-electron chi connectivity index (χ0n) is 14.4. The summed E-state index contributed by atoms with van der Waals surface area (Å²) in [6.07, 6.45) is 1.42. The first-order valence-corrected chi connectivity index (χ1v) is 9.95. The fraction of sp³-hybridized carbons (Fsp3) is 0.316. The van der Waals surface area contributed by atoms with Crippen molar-refractivity contribution >= 4 is 21.4 Å². The maximum atomic E-state index is 13.8. The van der Waals surface area contributed by atoms with Gasteiger partial charge in [-0.15, -0.1) is 0 Å². The average molecular weight is 373 g/mol. The topological polar surface area (TPSA) is 73.2 Å². The number of para-hydroxylation sites is 1. The predicted molar refractivity (Wildman–Crippen MR) is 99.3 cm³/mol. The van der Waals surface area contributed by atoms with Crippen LogP contribution in [0.5, 0.6) is 0 Å². The first-order valence-electron chi connectivity index (χ1n) is 8.45. The van der Waals surface area contributed by atoms with E-state index in [0.717, 1.165) is 0 Å². The van der Waals surface area contributed by atoms with Crippen LogP contribution in [0, 0.1) is 17.1 Å². The zero-order chi connectivity index (χ0) is 18.7. The lowest BCUT2D eigenvalue weighted by atomic mass is 10.0. The molecule has 0 spiro atoms. The van der Waals surface area contributed by atoms with E-state index in [2.05, 4.69) is 5.32 Å². The number of rotatable bonds is 5. The van der Waals surface area contributed by atoms with Gasteiger partial charge in [0.2, 0.25) is 10.0 Å². The molecule has 2 aromatic carbocycles. The fourth-order valence-electron chi connectivity index (χ4n) is 3.32. The molecular formula is C19H20FN3O2S. The van der Waals surface area contributed by atoms with Gasteiger partial charge in [0.05, 0.1) is 22.2 Å². The van der Waals surface area contributed by atoms with Crippen LogP contribution in [0.25, 0.3) is 0 Å². The van der Waals surface area contributed by atoms with Crippen molar-refractivity contribution in [2.45, 2.75) is 24.5 Å². The van der Waals surface area contributed by atoms with Crippen LogP contribution in [0.1, 0.15) is 24.0 Å². The van der Waals surface area contributed by atoms with Crippen molar-refractivity contribution in [1.82, 2.24) is 5.32 Å². The summed E-state index contributed by atoms with van der Waals surface area (Å²) in [6.45, 7) is 0.705. The molecule has 0 radical (unpaired) electrons. The lowest BCUT2D eigenvalue weighted by molar-refractivity contribution is 0.552. The van der Waals surface area contributed by atoms with Crippen LogP contribution in [0.3, 0.4) is 0 Å². The van der Waals surface area contributed by atoms with Crippen LogP contribution in [0.4, 0.5) is 15.8 Å². The minimum Gasteiger partial charge on any atom is -0.320 e. The Morgan fingerprint density at radius 3 is 2.77 bits per heavy atom. The molecule has 1 atom stereocenters. The summed E-state index contributed by atoms with van der Waals surface area (Å²) in [5.41, 5.74) is 1.63. The first kappa shape index (κ1) is 18.4. The highest BCUT2D eigenvalue weighted by atomic mass is 32.2.